The molecule has 0 radical (unpaired) electrons. The van der Waals surface area contributed by atoms with E-state index in [4.69, 9.17) is 18.9 Å². The topological polar surface area (TPSA) is 91.4 Å². The first-order valence-corrected chi connectivity index (χ1v) is 11.5. The van der Waals surface area contributed by atoms with E-state index in [1.54, 1.807) is 14.0 Å². The quantitative estimate of drug-likeness (QED) is 0.141. The fourth-order valence-electron chi connectivity index (χ4n) is 2.57. The van der Waals surface area contributed by atoms with Crippen LogP contribution in [-0.4, -0.2) is 81.4 Å². The molecule has 0 aromatic heterocycles. The van der Waals surface area contributed by atoms with Crippen molar-refractivity contribution in [3.8, 4) is 0 Å². The summed E-state index contributed by atoms with van der Waals surface area (Å²) in [5.41, 5.74) is 0.345. The van der Waals surface area contributed by atoms with Gasteiger partial charge in [0, 0.05) is 19.2 Å². The van der Waals surface area contributed by atoms with E-state index in [0.29, 0.717) is 20.7 Å². The van der Waals surface area contributed by atoms with Crippen molar-refractivity contribution in [3.05, 3.63) is 12.2 Å². The number of carbonyl (C=O) groups excluding carboxylic acids is 3. The molecule has 0 fully saturated rings. The highest BCUT2D eigenvalue weighted by Crippen LogP contribution is 2.40. The first-order valence-electron chi connectivity index (χ1n) is 9.97. The lowest BCUT2D eigenvalue weighted by Gasteiger charge is -2.32. The van der Waals surface area contributed by atoms with Crippen LogP contribution in [0.1, 0.15) is 41.0 Å². The van der Waals surface area contributed by atoms with Crippen molar-refractivity contribution in [2.75, 3.05) is 53.3 Å². The maximum atomic E-state index is 12.4. The van der Waals surface area contributed by atoms with Crippen LogP contribution in [0.5, 0.6) is 0 Å². The first kappa shape index (κ1) is 28.3. The minimum absolute atomic E-state index is 0.00888. The van der Waals surface area contributed by atoms with Gasteiger partial charge in [-0.3, -0.25) is 4.79 Å². The Bertz CT molecular complexity index is 588. The number of carbonyl (C=O) groups is 3. The Morgan fingerprint density at radius 2 is 1.50 bits per heavy atom. The third-order valence-corrected chi connectivity index (χ3v) is 5.60. The summed E-state index contributed by atoms with van der Waals surface area (Å²) < 4.78 is 20.6. The highest BCUT2D eigenvalue weighted by atomic mass is 31.1. The predicted octanol–water partition coefficient (Wildman–Crippen LogP) is 3.24. The second-order valence-corrected chi connectivity index (χ2v) is 10.1. The van der Waals surface area contributed by atoms with Crippen LogP contribution in [0.25, 0.3) is 0 Å². The van der Waals surface area contributed by atoms with Gasteiger partial charge in [0.1, 0.15) is 19.8 Å². The van der Waals surface area contributed by atoms with Gasteiger partial charge in [-0.15, -0.1) is 8.58 Å². The van der Waals surface area contributed by atoms with Gasteiger partial charge in [-0.1, -0.05) is 27.4 Å². The number of hydrogen-bond donors (Lipinski definition) is 0. The summed E-state index contributed by atoms with van der Waals surface area (Å²) in [7, 11) is 2.00. The third-order valence-electron chi connectivity index (χ3n) is 4.12. The van der Waals surface area contributed by atoms with Crippen molar-refractivity contribution in [2.24, 2.45) is 5.41 Å². The van der Waals surface area contributed by atoms with Gasteiger partial charge in [-0.05, 0) is 32.3 Å². The Labute approximate surface area is 182 Å². The molecule has 30 heavy (non-hydrogen) atoms. The Kier molecular flexibility index (Phi) is 12.9. The largest absolute Gasteiger partial charge is 0.461 e. The normalized spacial score (nSPS) is 13.6. The van der Waals surface area contributed by atoms with Crippen molar-refractivity contribution in [1.82, 2.24) is 4.90 Å². The highest BCUT2D eigenvalue weighted by Gasteiger charge is 2.37. The van der Waals surface area contributed by atoms with Gasteiger partial charge < -0.3 is 23.8 Å². The summed E-state index contributed by atoms with van der Waals surface area (Å²) in [5.74, 6) is -0.721. The molecule has 0 spiro atoms. The minimum atomic E-state index is -0.533. The molecule has 0 aliphatic rings. The van der Waals surface area contributed by atoms with E-state index in [-0.39, 0.29) is 44.4 Å². The van der Waals surface area contributed by atoms with Crippen LogP contribution in [0, 0.1) is 5.41 Å². The van der Waals surface area contributed by atoms with Gasteiger partial charge in [-0.2, -0.15) is 0 Å². The van der Waals surface area contributed by atoms with Gasteiger partial charge >= 0.3 is 18.0 Å². The standard InChI is InChI=1S/C21H38NO7P/c1-16(2)17(23)27-12-11-26-10-9-22(7)19(25)29-14-13-28-18(24)21(6,30-8)15-20(3,4)5/h30H,1,9-15H2,2-8H3. The molecular formula is C21H38NO7P. The van der Waals surface area contributed by atoms with E-state index in [0.717, 1.165) is 6.42 Å². The summed E-state index contributed by atoms with van der Waals surface area (Å²) in [6.45, 7) is 16.2. The summed E-state index contributed by atoms with van der Waals surface area (Å²) in [4.78, 5) is 36.9. The second kappa shape index (κ2) is 13.6. The van der Waals surface area contributed by atoms with Gasteiger partial charge in [0.2, 0.25) is 0 Å². The van der Waals surface area contributed by atoms with E-state index in [2.05, 4.69) is 27.4 Å². The molecule has 0 aliphatic heterocycles. The highest BCUT2D eigenvalue weighted by molar-refractivity contribution is 7.40. The number of likely N-dealkylation sites (N-methyl/N-ethyl adjacent to an activating group) is 1. The SMILES string of the molecule is C=C(C)C(=O)OCCOCCN(C)C(=O)OCCOC(=O)C(C)(CC(C)(C)C)PC. The summed E-state index contributed by atoms with van der Waals surface area (Å²) in [5, 5.41) is -0.533. The molecule has 0 heterocycles. The van der Waals surface area contributed by atoms with Crippen LogP contribution in [0.3, 0.4) is 0 Å². The zero-order chi connectivity index (χ0) is 23.4. The lowest BCUT2D eigenvalue weighted by molar-refractivity contribution is -0.148. The zero-order valence-corrected chi connectivity index (χ0v) is 20.5. The van der Waals surface area contributed by atoms with Crippen molar-refractivity contribution in [2.45, 2.75) is 46.2 Å². The average molecular weight is 448 g/mol. The Hall–Kier alpha value is -1.66. The number of ether oxygens (including phenoxy) is 4. The maximum Gasteiger partial charge on any atom is 0.409 e. The van der Waals surface area contributed by atoms with Crippen molar-refractivity contribution in [3.63, 3.8) is 0 Å². The number of amides is 1. The second-order valence-electron chi connectivity index (χ2n) is 8.52. The van der Waals surface area contributed by atoms with Crippen LogP contribution in [0.4, 0.5) is 4.79 Å². The molecule has 0 saturated carbocycles. The van der Waals surface area contributed by atoms with Crippen molar-refractivity contribution >= 4 is 26.6 Å². The molecule has 0 N–H and O–H groups in total. The first-order chi connectivity index (χ1) is 13.8. The van der Waals surface area contributed by atoms with E-state index in [9.17, 15) is 14.4 Å². The van der Waals surface area contributed by atoms with Crippen LogP contribution in [0.15, 0.2) is 12.2 Å². The lowest BCUT2D eigenvalue weighted by atomic mass is 9.85. The lowest BCUT2D eigenvalue weighted by Crippen LogP contribution is -2.37. The van der Waals surface area contributed by atoms with E-state index < -0.39 is 17.2 Å². The van der Waals surface area contributed by atoms with Crippen LogP contribution in [-0.2, 0) is 28.5 Å². The summed E-state index contributed by atoms with van der Waals surface area (Å²) in [6, 6.07) is 0. The Balaban J connectivity index is 4.03. The molecule has 0 aromatic carbocycles. The number of hydrogen-bond acceptors (Lipinski definition) is 7. The van der Waals surface area contributed by atoms with Crippen LogP contribution < -0.4 is 0 Å². The molecular weight excluding hydrogens is 409 g/mol. The molecule has 0 aromatic rings. The zero-order valence-electron chi connectivity index (χ0n) is 19.5. The molecule has 0 bridgehead atoms. The third kappa shape index (κ3) is 12.1. The van der Waals surface area contributed by atoms with E-state index in [1.165, 1.54) is 4.90 Å². The molecule has 2 atom stereocenters. The fraction of sp³-hybridized carbons (Fsp3) is 0.762. The van der Waals surface area contributed by atoms with Crippen LogP contribution in [0.2, 0.25) is 0 Å². The number of rotatable bonds is 13. The van der Waals surface area contributed by atoms with Crippen molar-refractivity contribution in [1.29, 1.82) is 0 Å². The Morgan fingerprint density at radius 1 is 0.933 bits per heavy atom. The van der Waals surface area contributed by atoms with Gasteiger partial charge in [0.15, 0.2) is 0 Å². The van der Waals surface area contributed by atoms with Gasteiger partial charge in [-0.25, -0.2) is 9.59 Å². The molecule has 1 amide bonds. The smallest absolute Gasteiger partial charge is 0.409 e. The van der Waals surface area contributed by atoms with Crippen LogP contribution >= 0.6 is 8.58 Å². The fourth-order valence-corrected chi connectivity index (χ4v) is 3.55. The predicted molar refractivity (Wildman–Crippen MR) is 118 cm³/mol. The minimum Gasteiger partial charge on any atom is -0.461 e. The number of nitrogens with zero attached hydrogens (tertiary/aromatic N) is 1. The molecule has 2 unspecified atom stereocenters. The molecule has 0 saturated heterocycles. The van der Waals surface area contributed by atoms with E-state index >= 15 is 0 Å². The van der Waals surface area contributed by atoms with Crippen molar-refractivity contribution < 1.29 is 33.3 Å². The average Bonchev–Trinajstić information content (AvgIpc) is 2.65. The summed E-state index contributed by atoms with van der Waals surface area (Å²) in [6.07, 6.45) is 0.195. The van der Waals surface area contributed by atoms with E-state index in [1.807, 2.05) is 13.6 Å². The maximum absolute atomic E-state index is 12.4. The molecule has 9 heteroatoms. The van der Waals surface area contributed by atoms with Gasteiger partial charge in [0.25, 0.3) is 0 Å². The molecule has 0 rings (SSSR count). The Morgan fingerprint density at radius 3 is 2.03 bits per heavy atom. The number of esters is 2. The molecule has 174 valence electrons. The summed E-state index contributed by atoms with van der Waals surface area (Å²) >= 11 is 0. The van der Waals surface area contributed by atoms with Gasteiger partial charge in [0.05, 0.1) is 18.4 Å². The molecule has 0 aliphatic carbocycles. The monoisotopic (exact) mass is 447 g/mol. The molecule has 8 nitrogen and oxygen atoms in total.